The Bertz CT molecular complexity index is 521. The van der Waals surface area contributed by atoms with Gasteiger partial charge in [0, 0.05) is 12.2 Å². The van der Waals surface area contributed by atoms with E-state index >= 15 is 0 Å². The molecule has 0 radical (unpaired) electrons. The van der Waals surface area contributed by atoms with E-state index in [-0.39, 0.29) is 6.10 Å². The molecule has 1 heterocycles. The molecule has 1 N–H and O–H groups in total. The molecular weight excluding hydrogens is 260 g/mol. The molecular formula is C18H28N2O. The fourth-order valence-electron chi connectivity index (χ4n) is 4.65. The highest BCUT2D eigenvalue weighted by atomic mass is 16.5. The Labute approximate surface area is 128 Å². The van der Waals surface area contributed by atoms with Crippen molar-refractivity contribution in [2.75, 3.05) is 5.32 Å². The molecule has 0 aliphatic heterocycles. The molecule has 116 valence electrons. The van der Waals surface area contributed by atoms with Gasteiger partial charge in [-0.2, -0.15) is 0 Å². The number of hydrogen-bond donors (Lipinski definition) is 1. The van der Waals surface area contributed by atoms with Crippen LogP contribution in [0, 0.1) is 16.7 Å². The van der Waals surface area contributed by atoms with Gasteiger partial charge in [-0.1, -0.05) is 20.8 Å². The molecule has 21 heavy (non-hydrogen) atoms. The Balaban J connectivity index is 1.87. The minimum Gasteiger partial charge on any atom is -0.487 e. The molecule has 2 aliphatic carbocycles. The maximum absolute atomic E-state index is 5.91. The fourth-order valence-corrected chi connectivity index (χ4v) is 4.65. The molecule has 2 aliphatic rings. The summed E-state index contributed by atoms with van der Waals surface area (Å²) in [5.41, 5.74) is 0.709. The number of hydrogen-bond acceptors (Lipinski definition) is 3. The van der Waals surface area contributed by atoms with Crippen LogP contribution in [0.3, 0.4) is 0 Å². The van der Waals surface area contributed by atoms with Crippen molar-refractivity contribution < 1.29 is 4.74 Å². The van der Waals surface area contributed by atoms with Gasteiger partial charge in [0.05, 0.1) is 6.10 Å². The van der Waals surface area contributed by atoms with Gasteiger partial charge >= 0.3 is 0 Å². The van der Waals surface area contributed by atoms with Gasteiger partial charge in [-0.25, -0.2) is 4.98 Å². The second-order valence-electron chi connectivity index (χ2n) is 8.01. The van der Waals surface area contributed by atoms with Gasteiger partial charge in [-0.05, 0) is 62.0 Å². The molecule has 2 saturated carbocycles. The summed E-state index contributed by atoms with van der Waals surface area (Å²) in [4.78, 5) is 4.54. The lowest BCUT2D eigenvalue weighted by Gasteiger charge is -2.43. The van der Waals surface area contributed by atoms with Gasteiger partial charge in [0.1, 0.15) is 0 Å². The summed E-state index contributed by atoms with van der Waals surface area (Å²) in [5.74, 6) is 2.60. The van der Waals surface area contributed by atoms with Crippen molar-refractivity contribution in [2.24, 2.45) is 16.7 Å². The lowest BCUT2D eigenvalue weighted by Crippen LogP contribution is -2.46. The van der Waals surface area contributed by atoms with E-state index in [2.05, 4.69) is 44.9 Å². The van der Waals surface area contributed by atoms with E-state index in [1.54, 1.807) is 0 Å². The zero-order valence-corrected chi connectivity index (χ0v) is 13.9. The number of aromatic nitrogens is 1. The third kappa shape index (κ3) is 2.41. The predicted octanol–water partition coefficient (Wildman–Crippen LogP) is 4.50. The second kappa shape index (κ2) is 4.89. The average molecular weight is 288 g/mol. The Hall–Kier alpha value is -1.25. The number of rotatable bonds is 4. The monoisotopic (exact) mass is 288 g/mol. The summed E-state index contributed by atoms with van der Waals surface area (Å²) < 4.78 is 5.91. The molecule has 2 fully saturated rings. The summed E-state index contributed by atoms with van der Waals surface area (Å²) in [6, 6.07) is 4.42. The Morgan fingerprint density at radius 2 is 2.10 bits per heavy atom. The van der Waals surface area contributed by atoms with Crippen LogP contribution in [0.2, 0.25) is 0 Å². The molecule has 0 spiro atoms. The van der Waals surface area contributed by atoms with E-state index in [1.165, 1.54) is 19.3 Å². The molecule has 0 aromatic carbocycles. The van der Waals surface area contributed by atoms with Crippen molar-refractivity contribution in [3.8, 4) is 5.75 Å². The van der Waals surface area contributed by atoms with Crippen molar-refractivity contribution in [3.63, 3.8) is 0 Å². The molecule has 1 aromatic rings. The van der Waals surface area contributed by atoms with E-state index < -0.39 is 0 Å². The first-order valence-electron chi connectivity index (χ1n) is 8.21. The van der Waals surface area contributed by atoms with Crippen LogP contribution in [0.4, 0.5) is 5.82 Å². The van der Waals surface area contributed by atoms with Crippen LogP contribution in [0.1, 0.15) is 53.9 Å². The van der Waals surface area contributed by atoms with Crippen molar-refractivity contribution in [1.29, 1.82) is 0 Å². The zero-order chi connectivity index (χ0) is 15.3. The second-order valence-corrected chi connectivity index (χ2v) is 8.01. The Kier molecular flexibility index (Phi) is 3.42. The van der Waals surface area contributed by atoms with Gasteiger partial charge in [0.15, 0.2) is 11.6 Å². The Morgan fingerprint density at radius 3 is 2.71 bits per heavy atom. The minimum atomic E-state index is 0.165. The van der Waals surface area contributed by atoms with E-state index in [0.29, 0.717) is 16.9 Å². The third-order valence-electron chi connectivity index (χ3n) is 5.68. The Morgan fingerprint density at radius 1 is 1.33 bits per heavy atom. The quantitative estimate of drug-likeness (QED) is 0.886. The van der Waals surface area contributed by atoms with Crippen LogP contribution in [0.15, 0.2) is 18.3 Å². The predicted molar refractivity (Wildman–Crippen MR) is 86.6 cm³/mol. The van der Waals surface area contributed by atoms with Crippen LogP contribution in [-0.4, -0.2) is 17.1 Å². The SMILES string of the molecule is CC(C)Oc1cccnc1NC1C2(C)CCC(C2)C1(C)C. The fraction of sp³-hybridized carbons (Fsp3) is 0.722. The molecule has 1 aromatic heterocycles. The van der Waals surface area contributed by atoms with Crippen LogP contribution in [0.25, 0.3) is 0 Å². The summed E-state index contributed by atoms with van der Waals surface area (Å²) in [6.07, 6.45) is 6.05. The molecule has 3 atom stereocenters. The number of fused-ring (bicyclic) bond motifs is 2. The molecule has 3 unspecified atom stereocenters. The van der Waals surface area contributed by atoms with Gasteiger partial charge in [-0.15, -0.1) is 0 Å². The summed E-state index contributed by atoms with van der Waals surface area (Å²) in [5, 5.41) is 3.74. The van der Waals surface area contributed by atoms with Crippen molar-refractivity contribution in [1.82, 2.24) is 4.98 Å². The maximum atomic E-state index is 5.91. The highest BCUT2D eigenvalue weighted by molar-refractivity contribution is 5.51. The largest absolute Gasteiger partial charge is 0.487 e. The average Bonchev–Trinajstić information content (AvgIpc) is 2.87. The van der Waals surface area contributed by atoms with Crippen molar-refractivity contribution in [2.45, 2.75) is 66.0 Å². The topological polar surface area (TPSA) is 34.1 Å². The van der Waals surface area contributed by atoms with Crippen LogP contribution >= 0.6 is 0 Å². The zero-order valence-electron chi connectivity index (χ0n) is 13.9. The first kappa shape index (κ1) is 14.7. The van der Waals surface area contributed by atoms with Crippen LogP contribution in [-0.2, 0) is 0 Å². The lowest BCUT2D eigenvalue weighted by molar-refractivity contribution is 0.154. The minimum absolute atomic E-state index is 0.165. The number of anilines is 1. The number of nitrogens with zero attached hydrogens (tertiary/aromatic N) is 1. The molecule has 3 heteroatoms. The molecule has 2 bridgehead atoms. The molecule has 0 amide bonds. The summed E-state index contributed by atoms with van der Waals surface area (Å²) >= 11 is 0. The standard InChI is InChI=1S/C18H28N2O/c1-12(2)21-14-7-6-10-19-15(14)20-16-17(3,4)13-8-9-18(16,5)11-13/h6-7,10,12-13,16H,8-9,11H2,1-5H3,(H,19,20). The summed E-state index contributed by atoms with van der Waals surface area (Å²) in [7, 11) is 0. The first-order chi connectivity index (χ1) is 9.83. The first-order valence-corrected chi connectivity index (χ1v) is 8.21. The van der Waals surface area contributed by atoms with Crippen LogP contribution < -0.4 is 10.1 Å². The lowest BCUT2D eigenvalue weighted by atomic mass is 9.68. The van der Waals surface area contributed by atoms with E-state index in [4.69, 9.17) is 4.74 Å². The van der Waals surface area contributed by atoms with Gasteiger partial charge < -0.3 is 10.1 Å². The van der Waals surface area contributed by atoms with Crippen LogP contribution in [0.5, 0.6) is 5.75 Å². The highest BCUT2D eigenvalue weighted by Gasteiger charge is 2.59. The third-order valence-corrected chi connectivity index (χ3v) is 5.68. The molecule has 3 nitrogen and oxygen atoms in total. The number of pyridine rings is 1. The van der Waals surface area contributed by atoms with E-state index in [1.807, 2.05) is 18.3 Å². The van der Waals surface area contributed by atoms with E-state index in [0.717, 1.165) is 17.5 Å². The summed E-state index contributed by atoms with van der Waals surface area (Å²) in [6.45, 7) is 11.4. The maximum Gasteiger partial charge on any atom is 0.169 e. The van der Waals surface area contributed by atoms with Crippen molar-refractivity contribution >= 4 is 5.82 Å². The number of ether oxygens (including phenoxy) is 1. The number of nitrogens with one attached hydrogen (secondary N) is 1. The van der Waals surface area contributed by atoms with Gasteiger partial charge in [-0.3, -0.25) is 0 Å². The normalized spacial score (nSPS) is 33.4. The molecule has 3 rings (SSSR count). The molecule has 0 saturated heterocycles. The smallest absolute Gasteiger partial charge is 0.169 e. The van der Waals surface area contributed by atoms with Gasteiger partial charge in [0.2, 0.25) is 0 Å². The van der Waals surface area contributed by atoms with Gasteiger partial charge in [0.25, 0.3) is 0 Å². The van der Waals surface area contributed by atoms with E-state index in [9.17, 15) is 0 Å². The highest BCUT2D eigenvalue weighted by Crippen LogP contribution is 2.63. The van der Waals surface area contributed by atoms with Crippen molar-refractivity contribution in [3.05, 3.63) is 18.3 Å².